The van der Waals surface area contributed by atoms with Crippen LogP contribution in [0, 0.1) is 23.2 Å². The van der Waals surface area contributed by atoms with Crippen molar-refractivity contribution in [3.63, 3.8) is 0 Å². The van der Waals surface area contributed by atoms with Crippen LogP contribution in [-0.4, -0.2) is 24.6 Å². The molecule has 0 amide bonds. The number of carbonyl (C=O) groups is 2. The Morgan fingerprint density at radius 3 is 2.73 bits per heavy atom. The summed E-state index contributed by atoms with van der Waals surface area (Å²) in [6.07, 6.45) is 17.6. The molecule has 2 saturated carbocycles. The molecule has 5 rings (SSSR count). The minimum absolute atomic E-state index is 0.103. The molecule has 0 N–H and O–H groups in total. The highest BCUT2D eigenvalue weighted by molar-refractivity contribution is 5.93. The van der Waals surface area contributed by atoms with Crippen LogP contribution in [0.2, 0.25) is 0 Å². The van der Waals surface area contributed by atoms with Crippen molar-refractivity contribution in [3.05, 3.63) is 34.9 Å². The first kappa shape index (κ1) is 20.1. The van der Waals surface area contributed by atoms with Crippen LogP contribution in [0.25, 0.3) is 0 Å². The summed E-state index contributed by atoms with van der Waals surface area (Å²) < 4.78 is 11.4. The number of hydrogen-bond donors (Lipinski definition) is 0. The zero-order valence-corrected chi connectivity index (χ0v) is 18.2. The second-order valence-electron chi connectivity index (χ2n) is 10.3. The summed E-state index contributed by atoms with van der Waals surface area (Å²) in [4.78, 5) is 24.3. The average Bonchev–Trinajstić information content (AvgIpc) is 3.09. The molecule has 0 spiro atoms. The van der Waals surface area contributed by atoms with Gasteiger partial charge in [0.05, 0.1) is 6.61 Å². The molecule has 2 fully saturated rings. The van der Waals surface area contributed by atoms with Crippen LogP contribution in [0.15, 0.2) is 34.9 Å². The molecule has 162 valence electrons. The van der Waals surface area contributed by atoms with Gasteiger partial charge in [-0.15, -0.1) is 0 Å². The van der Waals surface area contributed by atoms with Gasteiger partial charge < -0.3 is 9.47 Å². The van der Waals surface area contributed by atoms with Crippen molar-refractivity contribution in [2.24, 2.45) is 23.2 Å². The number of ether oxygens (including phenoxy) is 2. The standard InChI is InChI=1S/C26H34O4/c1-26-14-13-21-20-10-8-19(27)15-18(20)7-9-22(21)23(26)11-12-24(26)30-25(28)29-16-17-5-3-2-4-6-17/h13-15,17,22-24H,2-12,16H2,1H3. The van der Waals surface area contributed by atoms with E-state index < -0.39 is 6.16 Å². The lowest BCUT2D eigenvalue weighted by molar-refractivity contribution is -0.114. The Balaban J connectivity index is 1.28. The molecule has 0 radical (unpaired) electrons. The lowest BCUT2D eigenvalue weighted by Crippen LogP contribution is -2.41. The fraction of sp³-hybridized carbons (Fsp3) is 0.692. The van der Waals surface area contributed by atoms with Crippen molar-refractivity contribution >= 4 is 11.9 Å². The van der Waals surface area contributed by atoms with Crippen LogP contribution in [0.1, 0.15) is 77.6 Å². The van der Waals surface area contributed by atoms with E-state index in [1.807, 2.05) is 6.08 Å². The summed E-state index contributed by atoms with van der Waals surface area (Å²) in [6.45, 7) is 2.77. The molecule has 0 aliphatic heterocycles. The van der Waals surface area contributed by atoms with Crippen LogP contribution in [0.3, 0.4) is 0 Å². The van der Waals surface area contributed by atoms with Gasteiger partial charge in [0.1, 0.15) is 6.10 Å². The van der Waals surface area contributed by atoms with Gasteiger partial charge in [0, 0.05) is 11.8 Å². The largest absolute Gasteiger partial charge is 0.508 e. The third kappa shape index (κ3) is 3.56. The first-order valence-corrected chi connectivity index (χ1v) is 12.0. The minimum atomic E-state index is -0.482. The SMILES string of the molecule is CC12C=CC3=C4CCC(=O)C=C4CCC3C1CCC2OC(=O)OCC1CCCCC1. The van der Waals surface area contributed by atoms with Gasteiger partial charge >= 0.3 is 6.16 Å². The fourth-order valence-electron chi connectivity index (χ4n) is 6.85. The molecular weight excluding hydrogens is 376 g/mol. The number of hydrogen-bond acceptors (Lipinski definition) is 4. The van der Waals surface area contributed by atoms with E-state index in [1.165, 1.54) is 48.8 Å². The van der Waals surface area contributed by atoms with E-state index in [9.17, 15) is 9.59 Å². The van der Waals surface area contributed by atoms with Crippen LogP contribution >= 0.6 is 0 Å². The second-order valence-corrected chi connectivity index (χ2v) is 10.3. The van der Waals surface area contributed by atoms with Gasteiger partial charge in [-0.05, 0) is 85.5 Å². The van der Waals surface area contributed by atoms with Gasteiger partial charge in [-0.3, -0.25) is 4.79 Å². The van der Waals surface area contributed by atoms with Crippen LogP contribution in [0.4, 0.5) is 4.79 Å². The normalized spacial score (nSPS) is 36.0. The molecule has 0 aromatic carbocycles. The maximum Gasteiger partial charge on any atom is 0.508 e. The van der Waals surface area contributed by atoms with E-state index in [1.54, 1.807) is 0 Å². The predicted octanol–water partition coefficient (Wildman–Crippen LogP) is 6.07. The molecule has 0 bridgehead atoms. The number of allylic oxidation sites excluding steroid dienone is 5. The van der Waals surface area contributed by atoms with E-state index >= 15 is 0 Å². The van der Waals surface area contributed by atoms with E-state index in [-0.39, 0.29) is 17.3 Å². The van der Waals surface area contributed by atoms with Crippen molar-refractivity contribution in [1.82, 2.24) is 0 Å². The highest BCUT2D eigenvalue weighted by atomic mass is 16.7. The van der Waals surface area contributed by atoms with Crippen molar-refractivity contribution in [2.75, 3.05) is 6.61 Å². The maximum atomic E-state index is 12.4. The van der Waals surface area contributed by atoms with Crippen molar-refractivity contribution in [3.8, 4) is 0 Å². The number of rotatable bonds is 3. The van der Waals surface area contributed by atoms with Gasteiger partial charge in [-0.25, -0.2) is 4.79 Å². The Morgan fingerprint density at radius 1 is 1.07 bits per heavy atom. The molecule has 30 heavy (non-hydrogen) atoms. The first-order valence-electron chi connectivity index (χ1n) is 12.0. The predicted molar refractivity (Wildman–Crippen MR) is 115 cm³/mol. The van der Waals surface area contributed by atoms with Gasteiger partial charge in [-0.1, -0.05) is 38.3 Å². The zero-order chi connectivity index (χ0) is 20.7. The molecule has 5 aliphatic rings. The molecule has 0 saturated heterocycles. The number of fused-ring (bicyclic) bond motifs is 4. The highest BCUT2D eigenvalue weighted by Gasteiger charge is 2.53. The summed E-state index contributed by atoms with van der Waals surface area (Å²) in [5.41, 5.74) is 4.01. The van der Waals surface area contributed by atoms with Gasteiger partial charge in [0.25, 0.3) is 0 Å². The number of ketones is 1. The molecule has 5 aliphatic carbocycles. The minimum Gasteiger partial charge on any atom is -0.434 e. The Bertz CT molecular complexity index is 813. The maximum absolute atomic E-state index is 12.4. The summed E-state index contributed by atoms with van der Waals surface area (Å²) in [7, 11) is 0. The summed E-state index contributed by atoms with van der Waals surface area (Å²) >= 11 is 0. The Kier molecular flexibility index (Phi) is 5.37. The molecule has 0 aromatic rings. The quantitative estimate of drug-likeness (QED) is 0.530. The topological polar surface area (TPSA) is 52.6 Å². The van der Waals surface area contributed by atoms with Crippen LogP contribution in [0.5, 0.6) is 0 Å². The fourth-order valence-corrected chi connectivity index (χ4v) is 6.85. The third-order valence-electron chi connectivity index (χ3n) is 8.56. The van der Waals surface area contributed by atoms with E-state index in [2.05, 4.69) is 19.1 Å². The molecular formula is C26H34O4. The molecule has 0 aromatic heterocycles. The smallest absolute Gasteiger partial charge is 0.434 e. The third-order valence-corrected chi connectivity index (χ3v) is 8.56. The molecule has 4 atom stereocenters. The first-order chi connectivity index (χ1) is 14.5. The Hall–Kier alpha value is -1.84. The molecule has 4 heteroatoms. The second kappa shape index (κ2) is 8.01. The van der Waals surface area contributed by atoms with Crippen molar-refractivity contribution < 1.29 is 19.1 Å². The van der Waals surface area contributed by atoms with Crippen LogP contribution in [-0.2, 0) is 14.3 Å². The monoisotopic (exact) mass is 410 g/mol. The van der Waals surface area contributed by atoms with E-state index in [0.29, 0.717) is 30.8 Å². The van der Waals surface area contributed by atoms with Gasteiger partial charge in [0.2, 0.25) is 0 Å². The van der Waals surface area contributed by atoms with Crippen molar-refractivity contribution in [2.45, 2.75) is 83.7 Å². The summed E-state index contributed by atoms with van der Waals surface area (Å²) in [5, 5.41) is 0. The summed E-state index contributed by atoms with van der Waals surface area (Å²) in [6, 6.07) is 0. The highest BCUT2D eigenvalue weighted by Crippen LogP contribution is 2.58. The van der Waals surface area contributed by atoms with E-state index in [4.69, 9.17) is 9.47 Å². The van der Waals surface area contributed by atoms with Gasteiger partial charge in [0.15, 0.2) is 5.78 Å². The average molecular weight is 411 g/mol. The lowest BCUT2D eigenvalue weighted by atomic mass is 9.60. The van der Waals surface area contributed by atoms with Crippen LogP contribution < -0.4 is 0 Å². The molecule has 0 heterocycles. The Morgan fingerprint density at radius 2 is 1.90 bits per heavy atom. The zero-order valence-electron chi connectivity index (χ0n) is 18.2. The summed E-state index contributed by atoms with van der Waals surface area (Å²) in [5.74, 6) is 1.81. The number of carbonyl (C=O) groups excluding carboxylic acids is 2. The van der Waals surface area contributed by atoms with E-state index in [0.717, 1.165) is 32.1 Å². The molecule has 4 unspecified atom stereocenters. The van der Waals surface area contributed by atoms with Gasteiger partial charge in [-0.2, -0.15) is 0 Å². The van der Waals surface area contributed by atoms with Crippen molar-refractivity contribution in [1.29, 1.82) is 0 Å². The lowest BCUT2D eigenvalue weighted by Gasteiger charge is -2.45. The Labute approximate surface area is 179 Å². The molecule has 4 nitrogen and oxygen atoms in total.